The van der Waals surface area contributed by atoms with Gasteiger partial charge in [0, 0.05) is 11.5 Å². The fourth-order valence-electron chi connectivity index (χ4n) is 3.66. The normalized spacial score (nSPS) is 40.6. The van der Waals surface area contributed by atoms with Crippen LogP contribution in [0.4, 0.5) is 0 Å². The van der Waals surface area contributed by atoms with Crippen molar-refractivity contribution in [3.63, 3.8) is 0 Å². The number of rotatable bonds is 0. The lowest BCUT2D eigenvalue weighted by molar-refractivity contribution is -0.155. The molecule has 1 aliphatic heterocycles. The first-order valence-electron chi connectivity index (χ1n) is 8.86. The number of aliphatic hydroxyl groups excluding tert-OH is 2. The Morgan fingerprint density at radius 2 is 1.92 bits per heavy atom. The Hall–Kier alpha value is -1.39. The van der Waals surface area contributed by atoms with Crippen molar-refractivity contribution >= 4 is 5.97 Å². The van der Waals surface area contributed by atoms with Gasteiger partial charge in [-0.2, -0.15) is 0 Å². The molecule has 2 rings (SSSR count). The SMILES string of the molecule is C=C1C(=O)O[C@H]2C[C@H]1[C@@H](O)C/C(C)=C/CC/C(C)=C/[C@@H](O)C[C@H]2C. The smallest absolute Gasteiger partial charge is 0.334 e. The van der Waals surface area contributed by atoms with Gasteiger partial charge in [-0.3, -0.25) is 0 Å². The van der Waals surface area contributed by atoms with Crippen LogP contribution in [0.3, 0.4) is 0 Å². The molecule has 2 aliphatic rings. The Morgan fingerprint density at radius 3 is 2.62 bits per heavy atom. The topological polar surface area (TPSA) is 66.8 Å². The Bertz CT molecular complexity index is 546. The second-order valence-electron chi connectivity index (χ2n) is 7.47. The van der Waals surface area contributed by atoms with Crippen LogP contribution in [0.1, 0.15) is 52.9 Å². The third kappa shape index (κ3) is 4.81. The maximum absolute atomic E-state index is 12.1. The molecule has 1 saturated heterocycles. The summed E-state index contributed by atoms with van der Waals surface area (Å²) < 4.78 is 5.50. The van der Waals surface area contributed by atoms with Crippen molar-refractivity contribution in [1.82, 2.24) is 0 Å². The van der Waals surface area contributed by atoms with E-state index in [1.54, 1.807) is 0 Å². The lowest BCUT2D eigenvalue weighted by atomic mass is 9.80. The standard InChI is InChI=1S/C20H30O4/c1-12-6-5-7-13(2)9-18(22)17-11-19(24-20(23)15(17)4)14(3)10-16(21)8-12/h7-8,14,16-19,21-22H,4-6,9-11H2,1-3H3/b12-8+,13-7+/t14-,16-,17-,18+,19+/m1/s1. The second kappa shape index (κ2) is 8.13. The fourth-order valence-corrected chi connectivity index (χ4v) is 3.66. The van der Waals surface area contributed by atoms with E-state index >= 15 is 0 Å². The minimum absolute atomic E-state index is 0.0235. The molecular weight excluding hydrogens is 304 g/mol. The number of aliphatic hydroxyl groups is 2. The molecule has 1 aliphatic carbocycles. The van der Waals surface area contributed by atoms with E-state index in [0.29, 0.717) is 24.8 Å². The van der Waals surface area contributed by atoms with Gasteiger partial charge in [0.2, 0.25) is 0 Å². The highest BCUT2D eigenvalue weighted by Gasteiger charge is 2.38. The molecule has 134 valence electrons. The first kappa shape index (κ1) is 18.9. The third-order valence-corrected chi connectivity index (χ3v) is 5.21. The van der Waals surface area contributed by atoms with Crippen molar-refractivity contribution in [1.29, 1.82) is 0 Å². The number of hydrogen-bond donors (Lipinski definition) is 2. The van der Waals surface area contributed by atoms with Gasteiger partial charge in [-0.15, -0.1) is 0 Å². The molecule has 2 bridgehead atoms. The summed E-state index contributed by atoms with van der Waals surface area (Å²) in [4.78, 5) is 12.1. The van der Waals surface area contributed by atoms with E-state index < -0.39 is 18.2 Å². The molecule has 0 aromatic carbocycles. The van der Waals surface area contributed by atoms with Gasteiger partial charge in [-0.1, -0.05) is 36.8 Å². The molecule has 0 aromatic rings. The van der Waals surface area contributed by atoms with Crippen LogP contribution in [0.2, 0.25) is 0 Å². The molecule has 0 unspecified atom stereocenters. The maximum Gasteiger partial charge on any atom is 0.334 e. The number of allylic oxidation sites excluding steroid dienone is 2. The number of hydrogen-bond acceptors (Lipinski definition) is 4. The highest BCUT2D eigenvalue weighted by atomic mass is 16.5. The van der Waals surface area contributed by atoms with E-state index in [-0.39, 0.29) is 17.9 Å². The first-order valence-corrected chi connectivity index (χ1v) is 8.86. The Kier molecular flexibility index (Phi) is 6.41. The molecule has 1 fully saturated rings. The summed E-state index contributed by atoms with van der Waals surface area (Å²) in [6.45, 7) is 9.85. The summed E-state index contributed by atoms with van der Waals surface area (Å²) in [6, 6.07) is 0. The average molecular weight is 334 g/mol. The van der Waals surface area contributed by atoms with E-state index in [0.717, 1.165) is 24.0 Å². The molecule has 0 saturated carbocycles. The number of fused-ring (bicyclic) bond motifs is 2. The summed E-state index contributed by atoms with van der Waals surface area (Å²) in [5.74, 6) is -0.674. The van der Waals surface area contributed by atoms with Crippen LogP contribution in [0.25, 0.3) is 0 Å². The average Bonchev–Trinajstić information content (AvgIpc) is 2.48. The molecule has 0 radical (unpaired) electrons. The lowest BCUT2D eigenvalue weighted by Crippen LogP contribution is -2.40. The van der Waals surface area contributed by atoms with E-state index in [1.165, 1.54) is 0 Å². The number of ether oxygens (including phenoxy) is 1. The summed E-state index contributed by atoms with van der Waals surface area (Å²) in [6.07, 6.45) is 6.01. The predicted molar refractivity (Wildman–Crippen MR) is 94.3 cm³/mol. The van der Waals surface area contributed by atoms with Crippen molar-refractivity contribution < 1.29 is 19.7 Å². The lowest BCUT2D eigenvalue weighted by Gasteiger charge is -2.36. The number of esters is 1. The maximum atomic E-state index is 12.1. The van der Waals surface area contributed by atoms with Gasteiger partial charge in [0.25, 0.3) is 0 Å². The third-order valence-electron chi connectivity index (χ3n) is 5.21. The van der Waals surface area contributed by atoms with E-state index in [1.807, 2.05) is 26.8 Å². The fraction of sp³-hybridized carbons (Fsp3) is 0.650. The van der Waals surface area contributed by atoms with Crippen molar-refractivity contribution in [2.45, 2.75) is 71.2 Å². The van der Waals surface area contributed by atoms with Gasteiger partial charge in [0.15, 0.2) is 0 Å². The Labute approximate surface area is 144 Å². The second-order valence-corrected chi connectivity index (χ2v) is 7.47. The van der Waals surface area contributed by atoms with Crippen LogP contribution in [0, 0.1) is 11.8 Å². The first-order chi connectivity index (χ1) is 11.3. The summed E-state index contributed by atoms with van der Waals surface area (Å²) in [5.41, 5.74) is 2.63. The van der Waals surface area contributed by atoms with Gasteiger partial charge in [-0.05, 0) is 51.9 Å². The molecule has 4 nitrogen and oxygen atoms in total. The van der Waals surface area contributed by atoms with Crippen LogP contribution >= 0.6 is 0 Å². The van der Waals surface area contributed by atoms with Crippen molar-refractivity contribution in [3.8, 4) is 0 Å². The van der Waals surface area contributed by atoms with Crippen LogP contribution in [0.5, 0.6) is 0 Å². The predicted octanol–water partition coefficient (Wildman–Crippen LogP) is 3.30. The highest BCUT2D eigenvalue weighted by molar-refractivity contribution is 5.89. The summed E-state index contributed by atoms with van der Waals surface area (Å²) in [5, 5.41) is 20.9. The van der Waals surface area contributed by atoms with Crippen LogP contribution in [0.15, 0.2) is 35.5 Å². The molecule has 5 atom stereocenters. The molecule has 0 aromatic heterocycles. The Balaban J connectivity index is 2.26. The minimum atomic E-state index is -0.624. The van der Waals surface area contributed by atoms with Crippen LogP contribution < -0.4 is 0 Å². The Morgan fingerprint density at radius 1 is 1.21 bits per heavy atom. The molecule has 2 N–H and O–H groups in total. The molecule has 4 heteroatoms. The number of carbonyl (C=O) groups is 1. The van der Waals surface area contributed by atoms with Gasteiger partial charge in [0.1, 0.15) is 6.10 Å². The molecule has 0 amide bonds. The van der Waals surface area contributed by atoms with Crippen LogP contribution in [-0.2, 0) is 9.53 Å². The van der Waals surface area contributed by atoms with Crippen molar-refractivity contribution in [3.05, 3.63) is 35.5 Å². The van der Waals surface area contributed by atoms with Crippen molar-refractivity contribution in [2.24, 2.45) is 11.8 Å². The van der Waals surface area contributed by atoms with Gasteiger partial charge in [-0.25, -0.2) is 4.79 Å². The zero-order valence-corrected chi connectivity index (χ0v) is 15.0. The van der Waals surface area contributed by atoms with E-state index in [9.17, 15) is 15.0 Å². The van der Waals surface area contributed by atoms with Crippen LogP contribution in [-0.4, -0.2) is 34.5 Å². The van der Waals surface area contributed by atoms with Gasteiger partial charge >= 0.3 is 5.97 Å². The zero-order chi connectivity index (χ0) is 17.9. The quantitative estimate of drug-likeness (QED) is 0.405. The highest BCUT2D eigenvalue weighted by Crippen LogP contribution is 2.34. The molecular formula is C20H30O4. The monoisotopic (exact) mass is 334 g/mol. The number of carbonyl (C=O) groups excluding carboxylic acids is 1. The van der Waals surface area contributed by atoms with Gasteiger partial charge < -0.3 is 14.9 Å². The molecule has 0 spiro atoms. The summed E-state index contributed by atoms with van der Waals surface area (Å²) in [7, 11) is 0. The van der Waals surface area contributed by atoms with Gasteiger partial charge in [0.05, 0.1) is 12.2 Å². The van der Waals surface area contributed by atoms with E-state index in [4.69, 9.17) is 4.74 Å². The van der Waals surface area contributed by atoms with Crippen molar-refractivity contribution in [2.75, 3.05) is 0 Å². The zero-order valence-electron chi connectivity index (χ0n) is 15.0. The largest absolute Gasteiger partial charge is 0.459 e. The summed E-state index contributed by atoms with van der Waals surface area (Å²) >= 11 is 0. The minimum Gasteiger partial charge on any atom is -0.459 e. The van der Waals surface area contributed by atoms with E-state index in [2.05, 4.69) is 12.7 Å². The molecule has 1 heterocycles. The molecule has 24 heavy (non-hydrogen) atoms.